The van der Waals surface area contributed by atoms with Crippen molar-refractivity contribution >= 4 is 9.84 Å². The van der Waals surface area contributed by atoms with Crippen molar-refractivity contribution in [2.24, 2.45) is 0 Å². The Morgan fingerprint density at radius 3 is 2.67 bits per heavy atom. The molecule has 0 aliphatic heterocycles. The van der Waals surface area contributed by atoms with Crippen LogP contribution < -0.4 is 5.32 Å². The van der Waals surface area contributed by atoms with E-state index in [1.807, 2.05) is 18.2 Å². The van der Waals surface area contributed by atoms with Gasteiger partial charge >= 0.3 is 0 Å². The van der Waals surface area contributed by atoms with E-state index < -0.39 is 9.84 Å². The van der Waals surface area contributed by atoms with Crippen molar-refractivity contribution in [3.63, 3.8) is 0 Å². The van der Waals surface area contributed by atoms with Crippen LogP contribution in [-0.4, -0.2) is 33.6 Å². The van der Waals surface area contributed by atoms with E-state index in [9.17, 15) is 8.42 Å². The lowest BCUT2D eigenvalue weighted by molar-refractivity contribution is 0.185. The molecule has 0 amide bonds. The third-order valence-corrected chi connectivity index (χ3v) is 4.37. The van der Waals surface area contributed by atoms with Gasteiger partial charge in [0.1, 0.15) is 0 Å². The maximum Gasteiger partial charge on any atom is 0.151 e. The molecule has 1 aromatic carbocycles. The Hall–Kier alpha value is -0.910. The quantitative estimate of drug-likeness (QED) is 0.725. The van der Waals surface area contributed by atoms with E-state index in [0.717, 1.165) is 11.1 Å². The molecular weight excluding hydrogens is 250 g/mol. The molecule has 102 valence electrons. The standard InChI is InChI=1S/C13H21NO3S/c1-3-18(15,16)8-7-14-10-12-5-4-6-13(9-12)11-17-2/h4-6,9,14H,3,7-8,10-11H2,1-2H3. The molecule has 0 atom stereocenters. The summed E-state index contributed by atoms with van der Waals surface area (Å²) in [6.07, 6.45) is 0. The SMILES string of the molecule is CCS(=O)(=O)CCNCc1cccc(COC)c1. The highest BCUT2D eigenvalue weighted by molar-refractivity contribution is 7.91. The topological polar surface area (TPSA) is 55.4 Å². The van der Waals surface area contributed by atoms with Crippen LogP contribution in [0.3, 0.4) is 0 Å². The van der Waals surface area contributed by atoms with Gasteiger partial charge in [-0.2, -0.15) is 0 Å². The third-order valence-electron chi connectivity index (χ3n) is 2.66. The van der Waals surface area contributed by atoms with E-state index >= 15 is 0 Å². The molecular formula is C13H21NO3S. The second kappa shape index (κ2) is 7.51. The lowest BCUT2D eigenvalue weighted by Gasteiger charge is -2.07. The summed E-state index contributed by atoms with van der Waals surface area (Å²) in [5.41, 5.74) is 2.26. The summed E-state index contributed by atoms with van der Waals surface area (Å²) in [4.78, 5) is 0. The largest absolute Gasteiger partial charge is 0.380 e. The lowest BCUT2D eigenvalue weighted by Crippen LogP contribution is -2.23. The van der Waals surface area contributed by atoms with Crippen LogP contribution in [0.5, 0.6) is 0 Å². The van der Waals surface area contributed by atoms with E-state index in [1.165, 1.54) is 0 Å². The zero-order valence-electron chi connectivity index (χ0n) is 11.0. The van der Waals surface area contributed by atoms with Crippen LogP contribution in [0.1, 0.15) is 18.1 Å². The summed E-state index contributed by atoms with van der Waals surface area (Å²) in [5.74, 6) is 0.402. The first-order chi connectivity index (χ1) is 8.57. The fraction of sp³-hybridized carbons (Fsp3) is 0.538. The van der Waals surface area contributed by atoms with Crippen molar-refractivity contribution in [3.8, 4) is 0 Å². The van der Waals surface area contributed by atoms with Crippen LogP contribution >= 0.6 is 0 Å². The molecule has 0 aliphatic carbocycles. The van der Waals surface area contributed by atoms with Gasteiger partial charge in [0.2, 0.25) is 0 Å². The first kappa shape index (κ1) is 15.1. The van der Waals surface area contributed by atoms with Gasteiger partial charge in [-0.3, -0.25) is 0 Å². The molecule has 0 radical (unpaired) electrons. The number of hydrogen-bond donors (Lipinski definition) is 1. The van der Waals surface area contributed by atoms with Gasteiger partial charge in [0.05, 0.1) is 12.4 Å². The number of ether oxygens (including phenoxy) is 1. The normalized spacial score (nSPS) is 11.7. The fourth-order valence-electron chi connectivity index (χ4n) is 1.60. The van der Waals surface area contributed by atoms with Crippen LogP contribution in [0.15, 0.2) is 24.3 Å². The van der Waals surface area contributed by atoms with E-state index in [1.54, 1.807) is 14.0 Å². The van der Waals surface area contributed by atoms with Gasteiger partial charge < -0.3 is 10.1 Å². The van der Waals surface area contributed by atoms with Crippen LogP contribution in [0.2, 0.25) is 0 Å². The van der Waals surface area contributed by atoms with Crippen molar-refractivity contribution in [1.29, 1.82) is 0 Å². The number of sulfone groups is 1. The summed E-state index contributed by atoms with van der Waals surface area (Å²) in [6.45, 7) is 3.43. The second-order valence-corrected chi connectivity index (χ2v) is 6.64. The lowest BCUT2D eigenvalue weighted by atomic mass is 10.1. The fourth-order valence-corrected chi connectivity index (χ4v) is 2.34. The maximum absolute atomic E-state index is 11.3. The number of rotatable bonds is 8. The van der Waals surface area contributed by atoms with Gasteiger partial charge in [-0.25, -0.2) is 8.42 Å². The highest BCUT2D eigenvalue weighted by atomic mass is 32.2. The Morgan fingerprint density at radius 1 is 1.28 bits per heavy atom. The van der Waals surface area contributed by atoms with Crippen molar-refractivity contribution in [1.82, 2.24) is 5.32 Å². The summed E-state index contributed by atoms with van der Waals surface area (Å²) in [5, 5.41) is 3.14. The summed E-state index contributed by atoms with van der Waals surface area (Å²) >= 11 is 0. The molecule has 0 fully saturated rings. The zero-order chi connectivity index (χ0) is 13.4. The van der Waals surface area contributed by atoms with E-state index in [0.29, 0.717) is 19.7 Å². The molecule has 0 saturated carbocycles. The molecule has 0 saturated heterocycles. The molecule has 0 bridgehead atoms. The Labute approximate surface area is 109 Å². The first-order valence-electron chi connectivity index (χ1n) is 6.05. The van der Waals surface area contributed by atoms with Crippen molar-refractivity contribution in [3.05, 3.63) is 35.4 Å². The molecule has 1 rings (SSSR count). The minimum Gasteiger partial charge on any atom is -0.380 e. The van der Waals surface area contributed by atoms with Gasteiger partial charge in [-0.05, 0) is 11.1 Å². The number of benzene rings is 1. The van der Waals surface area contributed by atoms with E-state index in [-0.39, 0.29) is 11.5 Å². The van der Waals surface area contributed by atoms with Crippen molar-refractivity contribution in [2.75, 3.05) is 25.2 Å². The van der Waals surface area contributed by atoms with Crippen molar-refractivity contribution in [2.45, 2.75) is 20.1 Å². The zero-order valence-corrected chi connectivity index (χ0v) is 11.8. The molecule has 0 aromatic heterocycles. The summed E-state index contributed by atoms with van der Waals surface area (Å²) in [6, 6.07) is 8.06. The smallest absolute Gasteiger partial charge is 0.151 e. The number of hydrogen-bond acceptors (Lipinski definition) is 4. The maximum atomic E-state index is 11.3. The van der Waals surface area contributed by atoms with Gasteiger partial charge in [-0.1, -0.05) is 31.2 Å². The predicted molar refractivity (Wildman–Crippen MR) is 73.2 cm³/mol. The minimum atomic E-state index is -2.87. The molecule has 1 aromatic rings. The Balaban J connectivity index is 2.37. The monoisotopic (exact) mass is 271 g/mol. The van der Waals surface area contributed by atoms with Crippen LogP contribution in [-0.2, 0) is 27.7 Å². The Bertz CT molecular complexity index is 457. The van der Waals surface area contributed by atoms with E-state index in [2.05, 4.69) is 11.4 Å². The summed E-state index contributed by atoms with van der Waals surface area (Å²) < 4.78 is 27.7. The average molecular weight is 271 g/mol. The molecule has 1 N–H and O–H groups in total. The molecule has 5 heteroatoms. The molecule has 0 aliphatic rings. The Kier molecular flexibility index (Phi) is 6.32. The minimum absolute atomic E-state index is 0.196. The van der Waals surface area contributed by atoms with Crippen LogP contribution in [0, 0.1) is 0 Å². The number of nitrogens with one attached hydrogen (secondary N) is 1. The molecule has 0 heterocycles. The van der Waals surface area contributed by atoms with Gasteiger partial charge in [0.25, 0.3) is 0 Å². The molecule has 0 unspecified atom stereocenters. The molecule has 0 spiro atoms. The van der Waals surface area contributed by atoms with Gasteiger partial charge in [-0.15, -0.1) is 0 Å². The molecule has 18 heavy (non-hydrogen) atoms. The number of methoxy groups -OCH3 is 1. The van der Waals surface area contributed by atoms with E-state index in [4.69, 9.17) is 4.74 Å². The van der Waals surface area contributed by atoms with Crippen LogP contribution in [0.4, 0.5) is 0 Å². The summed E-state index contributed by atoms with van der Waals surface area (Å²) in [7, 11) is -1.21. The highest BCUT2D eigenvalue weighted by Gasteiger charge is 2.05. The van der Waals surface area contributed by atoms with Gasteiger partial charge in [0, 0.05) is 26.0 Å². The average Bonchev–Trinajstić information content (AvgIpc) is 2.36. The van der Waals surface area contributed by atoms with Crippen LogP contribution in [0.25, 0.3) is 0 Å². The third kappa shape index (κ3) is 5.62. The van der Waals surface area contributed by atoms with Crippen molar-refractivity contribution < 1.29 is 13.2 Å². The first-order valence-corrected chi connectivity index (χ1v) is 7.87. The predicted octanol–water partition coefficient (Wildman–Crippen LogP) is 1.36. The highest BCUT2D eigenvalue weighted by Crippen LogP contribution is 2.06. The second-order valence-electron chi connectivity index (χ2n) is 4.17. The molecule has 4 nitrogen and oxygen atoms in total. The van der Waals surface area contributed by atoms with Gasteiger partial charge in [0.15, 0.2) is 9.84 Å². The Morgan fingerprint density at radius 2 is 2.00 bits per heavy atom.